The first-order valence-electron chi connectivity index (χ1n) is 9.27. The molecular formula is C20H16F3N5O2. The Balaban J connectivity index is 1.60. The fourth-order valence-corrected chi connectivity index (χ4v) is 4.12. The van der Waals surface area contributed by atoms with Crippen LogP contribution in [0, 0.1) is 0 Å². The van der Waals surface area contributed by atoms with Crippen molar-refractivity contribution in [3.05, 3.63) is 70.8 Å². The van der Waals surface area contributed by atoms with E-state index in [1.54, 1.807) is 12.3 Å². The predicted molar refractivity (Wildman–Crippen MR) is 100 cm³/mol. The van der Waals surface area contributed by atoms with Crippen LogP contribution >= 0.6 is 0 Å². The Morgan fingerprint density at radius 3 is 2.60 bits per heavy atom. The first-order chi connectivity index (χ1) is 14.3. The number of fused-ring (bicyclic) bond motifs is 1. The second-order valence-electron chi connectivity index (χ2n) is 7.32. The van der Waals surface area contributed by atoms with Crippen LogP contribution in [0.2, 0.25) is 0 Å². The summed E-state index contributed by atoms with van der Waals surface area (Å²) in [5, 5.41) is 7.29. The Hall–Kier alpha value is -3.56. The van der Waals surface area contributed by atoms with Gasteiger partial charge in [-0.25, -0.2) is 4.68 Å². The molecule has 3 heterocycles. The van der Waals surface area contributed by atoms with Gasteiger partial charge in [0, 0.05) is 23.6 Å². The molecular weight excluding hydrogens is 399 g/mol. The molecule has 0 amide bonds. The summed E-state index contributed by atoms with van der Waals surface area (Å²) < 4.78 is 45.9. The number of benzene rings is 1. The number of halogens is 3. The number of aromatic nitrogens is 3. The van der Waals surface area contributed by atoms with Crippen LogP contribution in [0.4, 0.5) is 25.1 Å². The van der Waals surface area contributed by atoms with Gasteiger partial charge >= 0.3 is 6.18 Å². The molecule has 10 heteroatoms. The number of allylic oxidation sites excluding steroid dienone is 2. The molecule has 7 nitrogen and oxygen atoms in total. The molecule has 0 bridgehead atoms. The van der Waals surface area contributed by atoms with Gasteiger partial charge in [-0.3, -0.25) is 4.79 Å². The number of nitrogens with zero attached hydrogens (tertiary/aromatic N) is 3. The number of furan rings is 1. The normalized spacial score (nSPS) is 21.2. The lowest BCUT2D eigenvalue weighted by Gasteiger charge is -2.34. The van der Waals surface area contributed by atoms with E-state index in [9.17, 15) is 18.0 Å². The molecule has 5 rings (SSSR count). The van der Waals surface area contributed by atoms with Crippen LogP contribution in [0.15, 0.2) is 58.3 Å². The van der Waals surface area contributed by atoms with Gasteiger partial charge in [0.1, 0.15) is 11.8 Å². The van der Waals surface area contributed by atoms with Crippen LogP contribution in [0.25, 0.3) is 0 Å². The van der Waals surface area contributed by atoms with E-state index >= 15 is 0 Å². The number of nitrogens with one attached hydrogen (secondary N) is 1. The minimum absolute atomic E-state index is 0.00397. The highest BCUT2D eigenvalue weighted by atomic mass is 19.4. The van der Waals surface area contributed by atoms with Gasteiger partial charge in [-0.1, -0.05) is 12.1 Å². The molecule has 2 atom stereocenters. The molecule has 30 heavy (non-hydrogen) atoms. The summed E-state index contributed by atoms with van der Waals surface area (Å²) in [6, 6.07) is 7.58. The minimum atomic E-state index is -4.45. The number of nitrogen functional groups attached to an aromatic ring is 1. The van der Waals surface area contributed by atoms with E-state index < -0.39 is 17.8 Å². The SMILES string of the molecule is Nc1nc2n(n1)C(c1ccc(C(F)(F)F)cc1)C1=C(CC(c3ccco3)CC1=O)N2. The lowest BCUT2D eigenvalue weighted by atomic mass is 9.79. The van der Waals surface area contributed by atoms with Gasteiger partial charge in [0.2, 0.25) is 11.9 Å². The molecule has 0 saturated carbocycles. The molecule has 2 unspecified atom stereocenters. The number of alkyl halides is 3. The Morgan fingerprint density at radius 2 is 1.93 bits per heavy atom. The van der Waals surface area contributed by atoms with E-state index in [-0.39, 0.29) is 24.1 Å². The molecule has 1 aliphatic heterocycles. The van der Waals surface area contributed by atoms with E-state index in [4.69, 9.17) is 10.2 Å². The van der Waals surface area contributed by atoms with Gasteiger partial charge in [0.05, 0.1) is 11.8 Å². The zero-order valence-corrected chi connectivity index (χ0v) is 15.5. The van der Waals surface area contributed by atoms with Crippen molar-refractivity contribution >= 4 is 17.7 Å². The zero-order chi connectivity index (χ0) is 21.0. The van der Waals surface area contributed by atoms with Gasteiger partial charge in [0.15, 0.2) is 5.78 Å². The average molecular weight is 415 g/mol. The maximum absolute atomic E-state index is 13.1. The van der Waals surface area contributed by atoms with E-state index in [1.807, 2.05) is 6.07 Å². The molecule has 2 aliphatic rings. The van der Waals surface area contributed by atoms with Gasteiger partial charge in [-0.2, -0.15) is 18.2 Å². The van der Waals surface area contributed by atoms with Gasteiger partial charge in [-0.15, -0.1) is 5.10 Å². The number of hydrogen-bond donors (Lipinski definition) is 2. The summed E-state index contributed by atoms with van der Waals surface area (Å²) in [5.41, 5.74) is 6.59. The van der Waals surface area contributed by atoms with Crippen molar-refractivity contribution in [2.24, 2.45) is 0 Å². The quantitative estimate of drug-likeness (QED) is 0.659. The molecule has 1 aliphatic carbocycles. The highest BCUT2D eigenvalue weighted by Gasteiger charge is 2.40. The summed E-state index contributed by atoms with van der Waals surface area (Å²) in [5.74, 6) is 0.774. The van der Waals surface area contributed by atoms with Crippen LogP contribution in [0.1, 0.15) is 41.7 Å². The number of anilines is 2. The van der Waals surface area contributed by atoms with Crippen molar-refractivity contribution < 1.29 is 22.4 Å². The Labute approximate surface area is 168 Å². The van der Waals surface area contributed by atoms with Gasteiger partial charge in [0.25, 0.3) is 0 Å². The fraction of sp³-hybridized carbons (Fsp3) is 0.250. The van der Waals surface area contributed by atoms with Crippen LogP contribution in [-0.2, 0) is 11.0 Å². The van der Waals surface area contributed by atoms with Crippen molar-refractivity contribution in [3.8, 4) is 0 Å². The van der Waals surface area contributed by atoms with Crippen molar-refractivity contribution in [2.45, 2.75) is 31.0 Å². The standard InChI is InChI=1S/C20H16F3N5O2/c21-20(22,23)12-5-3-10(4-6-12)17-16-13(25-19-26-18(24)27-28(17)19)8-11(9-14(16)29)15-2-1-7-30-15/h1-7,11,17H,8-9H2,(H3,24,25,26,27). The molecule has 0 saturated heterocycles. The van der Waals surface area contributed by atoms with Crippen molar-refractivity contribution in [1.29, 1.82) is 0 Å². The maximum Gasteiger partial charge on any atom is 0.416 e. The largest absolute Gasteiger partial charge is 0.469 e. The number of ketones is 1. The topological polar surface area (TPSA) is 99.0 Å². The highest BCUT2D eigenvalue weighted by Crippen LogP contribution is 2.44. The Morgan fingerprint density at radius 1 is 1.17 bits per heavy atom. The molecule has 0 spiro atoms. The minimum Gasteiger partial charge on any atom is -0.469 e. The maximum atomic E-state index is 13.1. The van der Waals surface area contributed by atoms with Gasteiger partial charge in [-0.05, 0) is 36.2 Å². The second kappa shape index (κ2) is 6.48. The lowest BCUT2D eigenvalue weighted by Crippen LogP contribution is -2.33. The molecule has 3 aromatic rings. The summed E-state index contributed by atoms with van der Waals surface area (Å²) in [6.07, 6.45) is -2.17. The van der Waals surface area contributed by atoms with Crippen LogP contribution in [0.5, 0.6) is 0 Å². The number of rotatable bonds is 2. The molecule has 3 N–H and O–H groups in total. The summed E-state index contributed by atoms with van der Waals surface area (Å²) in [7, 11) is 0. The summed E-state index contributed by atoms with van der Waals surface area (Å²) in [4.78, 5) is 17.3. The van der Waals surface area contributed by atoms with E-state index in [2.05, 4.69) is 15.4 Å². The number of Topliss-reactive ketones (excluding diaryl/α,β-unsaturated/α-hetero) is 1. The average Bonchev–Trinajstić information content (AvgIpc) is 3.34. The fourth-order valence-electron chi connectivity index (χ4n) is 4.12. The summed E-state index contributed by atoms with van der Waals surface area (Å²) in [6.45, 7) is 0. The third-order valence-corrected chi connectivity index (χ3v) is 5.44. The number of carbonyl (C=O) groups is 1. The van der Waals surface area contributed by atoms with Crippen molar-refractivity contribution in [3.63, 3.8) is 0 Å². The first kappa shape index (κ1) is 18.5. The molecule has 154 valence electrons. The number of carbonyl (C=O) groups excluding carboxylic acids is 1. The summed E-state index contributed by atoms with van der Waals surface area (Å²) >= 11 is 0. The Bertz CT molecular complexity index is 1150. The molecule has 1 aromatic carbocycles. The molecule has 2 aromatic heterocycles. The van der Waals surface area contributed by atoms with Gasteiger partial charge < -0.3 is 15.5 Å². The van der Waals surface area contributed by atoms with E-state index in [0.29, 0.717) is 35.0 Å². The smallest absolute Gasteiger partial charge is 0.416 e. The first-order valence-corrected chi connectivity index (χ1v) is 9.27. The van der Waals surface area contributed by atoms with Crippen LogP contribution in [0.3, 0.4) is 0 Å². The monoisotopic (exact) mass is 415 g/mol. The highest BCUT2D eigenvalue weighted by molar-refractivity contribution is 6.00. The third-order valence-electron chi connectivity index (χ3n) is 5.44. The van der Waals surface area contributed by atoms with E-state index in [0.717, 1.165) is 12.1 Å². The van der Waals surface area contributed by atoms with Crippen LogP contribution in [-0.4, -0.2) is 20.5 Å². The Kier molecular flexibility index (Phi) is 3.99. The lowest BCUT2D eigenvalue weighted by molar-refractivity contribution is -0.137. The van der Waals surface area contributed by atoms with Crippen LogP contribution < -0.4 is 11.1 Å². The predicted octanol–water partition coefficient (Wildman–Crippen LogP) is 3.89. The van der Waals surface area contributed by atoms with Crippen molar-refractivity contribution in [2.75, 3.05) is 11.1 Å². The zero-order valence-electron chi connectivity index (χ0n) is 15.5. The third kappa shape index (κ3) is 2.95. The molecule has 0 radical (unpaired) electrons. The second-order valence-corrected chi connectivity index (χ2v) is 7.32. The number of nitrogens with two attached hydrogens (primary N) is 1. The van der Waals surface area contributed by atoms with E-state index in [1.165, 1.54) is 16.8 Å². The molecule has 0 fully saturated rings. The van der Waals surface area contributed by atoms with Crippen molar-refractivity contribution in [1.82, 2.24) is 14.8 Å². The number of hydrogen-bond acceptors (Lipinski definition) is 6.